The molecule has 4 N–H and O–H groups in total. The molecule has 5 rings (SSSR count). The van der Waals surface area contributed by atoms with Gasteiger partial charge < -0.3 is 20.8 Å². The van der Waals surface area contributed by atoms with Gasteiger partial charge in [-0.3, -0.25) is 0 Å². The Labute approximate surface area is 189 Å². The Kier molecular flexibility index (Phi) is 5.65. The Morgan fingerprint density at radius 3 is 2.61 bits per heavy atom. The Balaban J connectivity index is 1.47. The lowest BCUT2D eigenvalue weighted by Crippen LogP contribution is -2.03. The number of hydrogen-bond donors (Lipinski definition) is 3. The summed E-state index contributed by atoms with van der Waals surface area (Å²) in [4.78, 5) is 16.5. The second-order valence-electron chi connectivity index (χ2n) is 7.41. The maximum Gasteiger partial charge on any atom is 0.223 e. The predicted molar refractivity (Wildman–Crippen MR) is 125 cm³/mol. The Hall–Kier alpha value is -4.30. The molecule has 0 saturated heterocycles. The molecule has 0 aliphatic rings. The van der Waals surface area contributed by atoms with Crippen LogP contribution in [-0.4, -0.2) is 19.9 Å². The van der Waals surface area contributed by atoms with E-state index in [1.54, 1.807) is 30.6 Å². The molecule has 5 aromatic rings. The maximum absolute atomic E-state index is 14.5. The second kappa shape index (κ2) is 9.05. The van der Waals surface area contributed by atoms with Crippen LogP contribution in [0, 0.1) is 5.82 Å². The van der Waals surface area contributed by atoms with Crippen molar-refractivity contribution in [3.8, 4) is 22.8 Å². The average molecular weight is 440 g/mol. The third-order valence-corrected chi connectivity index (χ3v) is 5.21. The van der Waals surface area contributed by atoms with Crippen molar-refractivity contribution in [2.24, 2.45) is 5.73 Å². The van der Waals surface area contributed by atoms with Crippen LogP contribution in [0.4, 0.5) is 10.3 Å². The van der Waals surface area contributed by atoms with Crippen LogP contribution >= 0.6 is 0 Å². The fraction of sp³-hybridized carbons (Fsp3) is 0.0800. The molecule has 164 valence electrons. The van der Waals surface area contributed by atoms with Crippen molar-refractivity contribution in [2.75, 3.05) is 5.32 Å². The summed E-state index contributed by atoms with van der Waals surface area (Å²) in [5, 5.41) is 3.95. The second-order valence-corrected chi connectivity index (χ2v) is 7.41. The zero-order valence-corrected chi connectivity index (χ0v) is 17.6. The molecule has 0 unspecified atom stereocenters. The van der Waals surface area contributed by atoms with Crippen LogP contribution in [0.1, 0.15) is 11.1 Å². The molecule has 33 heavy (non-hydrogen) atoms. The molecule has 0 saturated carbocycles. The highest BCUT2D eigenvalue weighted by Gasteiger charge is 2.16. The van der Waals surface area contributed by atoms with E-state index >= 15 is 0 Å². The van der Waals surface area contributed by atoms with E-state index in [2.05, 4.69) is 25.3 Å². The van der Waals surface area contributed by atoms with Gasteiger partial charge in [-0.2, -0.15) is 0 Å². The van der Waals surface area contributed by atoms with Gasteiger partial charge in [0.05, 0.1) is 11.1 Å². The van der Waals surface area contributed by atoms with Gasteiger partial charge in [-0.15, -0.1) is 0 Å². The van der Waals surface area contributed by atoms with Gasteiger partial charge in [0.2, 0.25) is 5.95 Å². The third kappa shape index (κ3) is 4.37. The van der Waals surface area contributed by atoms with E-state index in [9.17, 15) is 4.39 Å². The molecule has 0 spiro atoms. The van der Waals surface area contributed by atoms with Crippen LogP contribution in [0.2, 0.25) is 0 Å². The van der Waals surface area contributed by atoms with Crippen molar-refractivity contribution in [2.45, 2.75) is 13.1 Å². The molecular weight excluding hydrogens is 419 g/mol. The molecular formula is C25H21FN6O. The summed E-state index contributed by atoms with van der Waals surface area (Å²) in [6.45, 7) is 0.860. The molecule has 0 aliphatic carbocycles. The molecule has 0 amide bonds. The van der Waals surface area contributed by atoms with E-state index in [1.165, 1.54) is 6.07 Å². The number of ether oxygens (including phenoxy) is 1. The number of nitrogens with two attached hydrogens (primary N) is 1. The number of H-pyrrole nitrogens is 1. The van der Waals surface area contributed by atoms with Crippen LogP contribution in [0.3, 0.4) is 0 Å². The van der Waals surface area contributed by atoms with Crippen molar-refractivity contribution < 1.29 is 9.13 Å². The lowest BCUT2D eigenvalue weighted by atomic mass is 10.1. The number of nitrogens with one attached hydrogen (secondary N) is 2. The number of aromatic amines is 1. The summed E-state index contributed by atoms with van der Waals surface area (Å²) in [5.41, 5.74) is 9.48. The first-order valence-electron chi connectivity index (χ1n) is 10.4. The highest BCUT2D eigenvalue weighted by Crippen LogP contribution is 2.36. The van der Waals surface area contributed by atoms with Crippen molar-refractivity contribution in [3.63, 3.8) is 0 Å². The Bertz CT molecular complexity index is 1400. The number of aromatic nitrogens is 4. The van der Waals surface area contributed by atoms with Crippen LogP contribution in [-0.2, 0) is 13.1 Å². The smallest absolute Gasteiger partial charge is 0.223 e. The van der Waals surface area contributed by atoms with Crippen LogP contribution in [0.5, 0.6) is 11.5 Å². The standard InChI is InChI=1S/C25H21FN6O/c26-19-12-17(13-27)6-7-21(19)33-22-9-11-28-24-23(22)18(15-30-24)20-8-10-29-25(32-20)31-14-16-4-2-1-3-5-16/h1-12,15H,13-14,27H2,(H,28,30)(H,29,31,32). The van der Waals surface area contributed by atoms with Gasteiger partial charge in [0.1, 0.15) is 11.4 Å². The lowest BCUT2D eigenvalue weighted by Gasteiger charge is -2.10. The first-order chi connectivity index (χ1) is 16.2. The number of nitrogens with zero attached hydrogens (tertiary/aromatic N) is 3. The summed E-state index contributed by atoms with van der Waals surface area (Å²) in [5.74, 6) is 0.600. The van der Waals surface area contributed by atoms with E-state index in [4.69, 9.17) is 10.5 Å². The number of halogens is 1. The number of hydrogen-bond acceptors (Lipinski definition) is 6. The van der Waals surface area contributed by atoms with Gasteiger partial charge in [-0.25, -0.2) is 19.3 Å². The molecule has 0 atom stereocenters. The van der Waals surface area contributed by atoms with Gasteiger partial charge >= 0.3 is 0 Å². The van der Waals surface area contributed by atoms with E-state index < -0.39 is 5.82 Å². The summed E-state index contributed by atoms with van der Waals surface area (Å²) in [6, 6.07) is 18.2. The molecule has 0 radical (unpaired) electrons. The quantitative estimate of drug-likeness (QED) is 0.328. The van der Waals surface area contributed by atoms with Gasteiger partial charge in [0.25, 0.3) is 0 Å². The van der Waals surface area contributed by atoms with Crippen molar-refractivity contribution in [3.05, 3.63) is 96.2 Å². The molecule has 7 nitrogen and oxygen atoms in total. The van der Waals surface area contributed by atoms with E-state index in [1.807, 2.05) is 42.6 Å². The normalized spacial score (nSPS) is 11.0. The minimum atomic E-state index is -0.477. The maximum atomic E-state index is 14.5. The average Bonchev–Trinajstić information content (AvgIpc) is 3.30. The van der Waals surface area contributed by atoms with Crippen LogP contribution < -0.4 is 15.8 Å². The summed E-state index contributed by atoms with van der Waals surface area (Å²) < 4.78 is 20.5. The van der Waals surface area contributed by atoms with E-state index in [0.717, 1.165) is 11.1 Å². The van der Waals surface area contributed by atoms with Crippen molar-refractivity contribution >= 4 is 17.0 Å². The zero-order chi connectivity index (χ0) is 22.6. The minimum Gasteiger partial charge on any atom is -0.453 e. The molecule has 2 aromatic carbocycles. The number of pyridine rings is 1. The van der Waals surface area contributed by atoms with Crippen LogP contribution in [0.25, 0.3) is 22.3 Å². The molecule has 0 bridgehead atoms. The Morgan fingerprint density at radius 2 is 1.79 bits per heavy atom. The fourth-order valence-corrected chi connectivity index (χ4v) is 3.56. The first-order valence-corrected chi connectivity index (χ1v) is 10.4. The number of rotatable bonds is 7. The van der Waals surface area contributed by atoms with Gasteiger partial charge in [0.15, 0.2) is 11.6 Å². The first kappa shape index (κ1) is 20.6. The van der Waals surface area contributed by atoms with E-state index in [-0.39, 0.29) is 12.3 Å². The number of anilines is 1. The third-order valence-electron chi connectivity index (χ3n) is 5.21. The number of fused-ring (bicyclic) bond motifs is 1. The lowest BCUT2D eigenvalue weighted by molar-refractivity contribution is 0.445. The molecule has 8 heteroatoms. The summed E-state index contributed by atoms with van der Waals surface area (Å²) in [7, 11) is 0. The monoisotopic (exact) mass is 440 g/mol. The zero-order valence-electron chi connectivity index (χ0n) is 17.6. The molecule has 3 heterocycles. The fourth-order valence-electron chi connectivity index (χ4n) is 3.56. The predicted octanol–water partition coefficient (Wildman–Crippen LogP) is 5.02. The van der Waals surface area contributed by atoms with E-state index in [0.29, 0.717) is 40.5 Å². The summed E-state index contributed by atoms with van der Waals surface area (Å²) in [6.07, 6.45) is 5.11. The van der Waals surface area contributed by atoms with Gasteiger partial charge in [0, 0.05) is 37.2 Å². The largest absolute Gasteiger partial charge is 0.453 e. The van der Waals surface area contributed by atoms with Gasteiger partial charge in [-0.05, 0) is 35.4 Å². The van der Waals surface area contributed by atoms with Gasteiger partial charge in [-0.1, -0.05) is 36.4 Å². The molecule has 3 aromatic heterocycles. The molecule has 0 fully saturated rings. The Morgan fingerprint density at radius 1 is 0.939 bits per heavy atom. The van der Waals surface area contributed by atoms with Crippen molar-refractivity contribution in [1.29, 1.82) is 0 Å². The number of benzene rings is 2. The molecule has 0 aliphatic heterocycles. The van der Waals surface area contributed by atoms with Crippen LogP contribution in [0.15, 0.2) is 79.3 Å². The summed E-state index contributed by atoms with van der Waals surface area (Å²) >= 11 is 0. The highest BCUT2D eigenvalue weighted by atomic mass is 19.1. The topological polar surface area (TPSA) is 102 Å². The highest BCUT2D eigenvalue weighted by molar-refractivity contribution is 5.97. The SMILES string of the molecule is NCc1ccc(Oc2ccnc3[nH]cc(-c4ccnc(NCc5ccccc5)n4)c23)c(F)c1. The van der Waals surface area contributed by atoms with Crippen molar-refractivity contribution in [1.82, 2.24) is 19.9 Å². The minimum absolute atomic E-state index is 0.111.